The van der Waals surface area contributed by atoms with Gasteiger partial charge in [0.2, 0.25) is 5.91 Å². The number of carbonyl (C=O) groups is 2. The first kappa shape index (κ1) is 17.2. The van der Waals surface area contributed by atoms with Crippen molar-refractivity contribution in [2.45, 2.75) is 33.1 Å². The highest BCUT2D eigenvalue weighted by molar-refractivity contribution is 7.14. The number of amides is 2. The van der Waals surface area contributed by atoms with E-state index in [0.717, 1.165) is 16.9 Å². The molecule has 0 fully saturated rings. The highest BCUT2D eigenvalue weighted by atomic mass is 32.1. The third kappa shape index (κ3) is 3.99. The van der Waals surface area contributed by atoms with Crippen LogP contribution in [0.2, 0.25) is 0 Å². The summed E-state index contributed by atoms with van der Waals surface area (Å²) in [6, 6.07) is 11.4. The molecule has 0 radical (unpaired) electrons. The smallest absolute Gasteiger partial charge is 0.258 e. The van der Waals surface area contributed by atoms with Gasteiger partial charge in [0.15, 0.2) is 0 Å². The van der Waals surface area contributed by atoms with E-state index < -0.39 is 5.91 Å². The second kappa shape index (κ2) is 7.42. The maximum atomic E-state index is 12.8. The van der Waals surface area contributed by atoms with E-state index in [2.05, 4.69) is 19.2 Å². The monoisotopic (exact) mass is 330 g/mol. The van der Waals surface area contributed by atoms with Gasteiger partial charge in [0.1, 0.15) is 0 Å². The standard InChI is InChI=1S/C18H22N2O2S/c1-4-11(2)16(13-8-6-5-7-9-13)18(22)20-14-10-15(17(19)21)23-12(14)3/h5-11,16H,4H2,1-3H3,(H2,19,21)(H,20,22). The third-order valence-corrected chi connectivity index (χ3v) is 5.14. The average molecular weight is 330 g/mol. The van der Waals surface area contributed by atoms with Crippen molar-refractivity contribution >= 4 is 28.8 Å². The first-order valence-electron chi connectivity index (χ1n) is 7.70. The van der Waals surface area contributed by atoms with Crippen molar-refractivity contribution in [1.82, 2.24) is 0 Å². The molecule has 3 N–H and O–H groups in total. The Hall–Kier alpha value is -2.14. The van der Waals surface area contributed by atoms with Crippen LogP contribution in [0.3, 0.4) is 0 Å². The van der Waals surface area contributed by atoms with Gasteiger partial charge in [0.05, 0.1) is 16.5 Å². The van der Waals surface area contributed by atoms with E-state index in [1.54, 1.807) is 6.07 Å². The summed E-state index contributed by atoms with van der Waals surface area (Å²) in [5.41, 5.74) is 6.97. The van der Waals surface area contributed by atoms with E-state index in [1.165, 1.54) is 11.3 Å². The van der Waals surface area contributed by atoms with Gasteiger partial charge in [0, 0.05) is 4.88 Å². The van der Waals surface area contributed by atoms with Crippen LogP contribution in [0.5, 0.6) is 0 Å². The maximum Gasteiger partial charge on any atom is 0.258 e. The van der Waals surface area contributed by atoms with E-state index in [9.17, 15) is 9.59 Å². The van der Waals surface area contributed by atoms with Crippen LogP contribution in [0.4, 0.5) is 5.69 Å². The lowest BCUT2D eigenvalue weighted by Gasteiger charge is -2.22. The number of nitrogens with two attached hydrogens (primary N) is 1. The fraction of sp³-hybridized carbons (Fsp3) is 0.333. The first-order valence-corrected chi connectivity index (χ1v) is 8.51. The number of benzene rings is 1. The zero-order valence-electron chi connectivity index (χ0n) is 13.6. The van der Waals surface area contributed by atoms with Gasteiger partial charge in [0.25, 0.3) is 5.91 Å². The van der Waals surface area contributed by atoms with Gasteiger partial charge >= 0.3 is 0 Å². The van der Waals surface area contributed by atoms with Crippen molar-refractivity contribution < 1.29 is 9.59 Å². The quantitative estimate of drug-likeness (QED) is 0.842. The fourth-order valence-corrected chi connectivity index (χ4v) is 3.40. The number of thiophene rings is 1. The third-order valence-electron chi connectivity index (χ3n) is 4.07. The van der Waals surface area contributed by atoms with Gasteiger partial charge in [-0.3, -0.25) is 9.59 Å². The van der Waals surface area contributed by atoms with Gasteiger partial charge in [-0.05, 0) is 24.5 Å². The first-order chi connectivity index (χ1) is 10.9. The molecule has 2 atom stereocenters. The summed E-state index contributed by atoms with van der Waals surface area (Å²) < 4.78 is 0. The molecule has 5 heteroatoms. The van der Waals surface area contributed by atoms with Crippen LogP contribution in [-0.2, 0) is 4.79 Å². The van der Waals surface area contributed by atoms with Crippen LogP contribution in [0.15, 0.2) is 36.4 Å². The summed E-state index contributed by atoms with van der Waals surface area (Å²) in [4.78, 5) is 25.4. The second-order valence-corrected chi connectivity index (χ2v) is 6.96. The molecule has 1 heterocycles. The largest absolute Gasteiger partial charge is 0.365 e. The highest BCUT2D eigenvalue weighted by Crippen LogP contribution is 2.31. The fourth-order valence-electron chi connectivity index (χ4n) is 2.57. The molecule has 0 saturated carbocycles. The Morgan fingerprint density at radius 1 is 1.26 bits per heavy atom. The summed E-state index contributed by atoms with van der Waals surface area (Å²) in [6.07, 6.45) is 0.905. The minimum absolute atomic E-state index is 0.0533. The lowest BCUT2D eigenvalue weighted by Crippen LogP contribution is -2.26. The number of hydrogen-bond donors (Lipinski definition) is 2. The Balaban J connectivity index is 2.26. The van der Waals surface area contributed by atoms with Gasteiger partial charge in [-0.15, -0.1) is 11.3 Å². The topological polar surface area (TPSA) is 72.2 Å². The normalized spacial score (nSPS) is 13.3. The van der Waals surface area contributed by atoms with E-state index in [-0.39, 0.29) is 17.7 Å². The molecule has 1 aromatic heterocycles. The molecule has 4 nitrogen and oxygen atoms in total. The molecule has 2 unspecified atom stereocenters. The zero-order valence-corrected chi connectivity index (χ0v) is 14.4. The second-order valence-electron chi connectivity index (χ2n) is 5.71. The van der Waals surface area contributed by atoms with E-state index in [0.29, 0.717) is 10.6 Å². The molecule has 2 rings (SSSR count). The summed E-state index contributed by atoms with van der Waals surface area (Å²) in [7, 11) is 0. The van der Waals surface area contributed by atoms with Crippen LogP contribution < -0.4 is 11.1 Å². The molecule has 2 aromatic rings. The Bertz CT molecular complexity index is 694. The van der Waals surface area contributed by atoms with Crippen LogP contribution >= 0.6 is 11.3 Å². The van der Waals surface area contributed by atoms with Crippen LogP contribution in [0, 0.1) is 12.8 Å². The molecule has 0 aliphatic heterocycles. The predicted molar refractivity (Wildman–Crippen MR) is 94.8 cm³/mol. The summed E-state index contributed by atoms with van der Waals surface area (Å²) in [5.74, 6) is -0.535. The molecule has 0 aliphatic carbocycles. The minimum Gasteiger partial charge on any atom is -0.365 e. The van der Waals surface area contributed by atoms with Crippen molar-refractivity contribution in [3.05, 3.63) is 51.7 Å². The van der Waals surface area contributed by atoms with Gasteiger partial charge in [-0.25, -0.2) is 0 Å². The number of anilines is 1. The maximum absolute atomic E-state index is 12.8. The van der Waals surface area contributed by atoms with Crippen LogP contribution in [0.25, 0.3) is 0 Å². The van der Waals surface area contributed by atoms with Crippen molar-refractivity contribution in [2.24, 2.45) is 11.7 Å². The van der Waals surface area contributed by atoms with Crippen molar-refractivity contribution in [3.8, 4) is 0 Å². The molecule has 122 valence electrons. The number of rotatable bonds is 6. The van der Waals surface area contributed by atoms with Gasteiger partial charge < -0.3 is 11.1 Å². The molecular weight excluding hydrogens is 308 g/mol. The average Bonchev–Trinajstić information content (AvgIpc) is 2.89. The van der Waals surface area contributed by atoms with Crippen molar-refractivity contribution in [3.63, 3.8) is 0 Å². The number of nitrogens with one attached hydrogen (secondary N) is 1. The Morgan fingerprint density at radius 3 is 2.43 bits per heavy atom. The van der Waals surface area contributed by atoms with Gasteiger partial charge in [-0.2, -0.15) is 0 Å². The summed E-state index contributed by atoms with van der Waals surface area (Å²) in [5, 5.41) is 2.96. The van der Waals surface area contributed by atoms with E-state index in [4.69, 9.17) is 5.73 Å². The molecule has 2 amide bonds. The number of aryl methyl sites for hydroxylation is 1. The molecule has 0 bridgehead atoms. The number of hydrogen-bond acceptors (Lipinski definition) is 3. The van der Waals surface area contributed by atoms with E-state index in [1.807, 2.05) is 37.3 Å². The molecule has 0 spiro atoms. The summed E-state index contributed by atoms with van der Waals surface area (Å²) >= 11 is 1.30. The molecule has 1 aromatic carbocycles. The van der Waals surface area contributed by atoms with Gasteiger partial charge in [-0.1, -0.05) is 50.6 Å². The van der Waals surface area contributed by atoms with E-state index >= 15 is 0 Å². The SMILES string of the molecule is CCC(C)C(C(=O)Nc1cc(C(N)=O)sc1C)c1ccccc1. The van der Waals surface area contributed by atoms with Crippen molar-refractivity contribution in [1.29, 1.82) is 0 Å². The molecule has 0 saturated heterocycles. The molecule has 0 aliphatic rings. The summed E-state index contributed by atoms with van der Waals surface area (Å²) in [6.45, 7) is 6.02. The molecular formula is C18H22N2O2S. The number of carbonyl (C=O) groups excluding carboxylic acids is 2. The lowest BCUT2D eigenvalue weighted by molar-refractivity contribution is -0.118. The van der Waals surface area contributed by atoms with Crippen LogP contribution in [-0.4, -0.2) is 11.8 Å². The molecule has 23 heavy (non-hydrogen) atoms. The number of primary amides is 1. The predicted octanol–water partition coefficient (Wildman–Crippen LogP) is 3.92. The lowest BCUT2D eigenvalue weighted by atomic mass is 9.85. The zero-order chi connectivity index (χ0) is 17.0. The Kier molecular flexibility index (Phi) is 5.55. The highest BCUT2D eigenvalue weighted by Gasteiger charge is 2.26. The minimum atomic E-state index is -0.472. The Labute approximate surface area is 140 Å². The van der Waals surface area contributed by atoms with Crippen molar-refractivity contribution in [2.75, 3.05) is 5.32 Å². The Morgan fingerprint density at radius 2 is 1.91 bits per heavy atom. The van der Waals surface area contributed by atoms with Crippen LogP contribution in [0.1, 0.15) is 46.3 Å².